The first-order valence-electron chi connectivity index (χ1n) is 30.0. The van der Waals surface area contributed by atoms with Gasteiger partial charge in [-0.25, -0.2) is 14.4 Å². The SMILES string of the molecule is CC(C)(C)OC(=O)N1CCC(C(O)CCO)CC1.CC(C)(C)OC(=O)N1CCC(C=O)CC1.CCOC(=O)C1CCNCC1.CCOC(=O)CC(O)C1CCN(C(=O)OC(C)(C)C)CC1.CCOC(C)=O.Cl.OCCC(O)C1CCNCC1. The number of carbonyl (C=O) groups is 7. The number of hydrogen-bond donors (Lipinski definition) is 7. The Labute approximate surface area is 502 Å². The first-order chi connectivity index (χ1) is 38.4. The molecule has 5 fully saturated rings. The normalized spacial score (nSPS) is 18.6. The topological polar surface area (TPSA) is 310 Å². The minimum absolute atomic E-state index is 0. The largest absolute Gasteiger partial charge is 0.466 e. The van der Waals surface area contributed by atoms with E-state index >= 15 is 0 Å². The van der Waals surface area contributed by atoms with Crippen molar-refractivity contribution < 1.29 is 87.5 Å². The highest BCUT2D eigenvalue weighted by molar-refractivity contribution is 5.85. The first-order valence-corrected chi connectivity index (χ1v) is 30.0. The summed E-state index contributed by atoms with van der Waals surface area (Å²) in [4.78, 5) is 83.2. The van der Waals surface area contributed by atoms with Gasteiger partial charge in [0.25, 0.3) is 0 Å². The Bertz CT molecular complexity index is 1760. The monoisotopic (exact) mass is 1210 g/mol. The van der Waals surface area contributed by atoms with E-state index in [4.69, 9.17) is 33.9 Å². The number of ether oxygens (including phenoxy) is 6. The van der Waals surface area contributed by atoms with Gasteiger partial charge >= 0.3 is 36.2 Å². The average molecular weight is 1220 g/mol. The molecule has 5 aliphatic heterocycles. The van der Waals surface area contributed by atoms with Crippen LogP contribution in [0.4, 0.5) is 14.4 Å². The summed E-state index contributed by atoms with van der Waals surface area (Å²) in [5.74, 6) is 0.262. The molecule has 3 amide bonds. The Balaban J connectivity index is 0. The number of amides is 3. The predicted molar refractivity (Wildman–Crippen MR) is 318 cm³/mol. The fraction of sp³-hybridized carbons (Fsp3) is 0.881. The molecule has 0 aromatic carbocycles. The van der Waals surface area contributed by atoms with Crippen LogP contribution < -0.4 is 10.6 Å². The van der Waals surface area contributed by atoms with E-state index in [9.17, 15) is 48.9 Å². The number of halogens is 1. The van der Waals surface area contributed by atoms with Gasteiger partial charge in [0.15, 0.2) is 0 Å². The Morgan fingerprint density at radius 2 is 0.831 bits per heavy atom. The summed E-state index contributed by atoms with van der Waals surface area (Å²) >= 11 is 0. The molecule has 7 N–H and O–H groups in total. The number of nitrogens with one attached hydrogen (secondary N) is 2. The van der Waals surface area contributed by atoms with Crippen LogP contribution in [0.5, 0.6) is 0 Å². The maximum Gasteiger partial charge on any atom is 0.410 e. The third-order valence-electron chi connectivity index (χ3n) is 13.6. The van der Waals surface area contributed by atoms with E-state index in [1.165, 1.54) is 6.92 Å². The minimum Gasteiger partial charge on any atom is -0.466 e. The molecule has 0 radical (unpaired) electrons. The molecule has 0 aromatic rings. The summed E-state index contributed by atoms with van der Waals surface area (Å²) in [7, 11) is 0. The molecule has 83 heavy (non-hydrogen) atoms. The van der Waals surface area contributed by atoms with Crippen molar-refractivity contribution in [2.24, 2.45) is 29.6 Å². The fourth-order valence-electron chi connectivity index (χ4n) is 9.17. The molecule has 5 saturated heterocycles. The van der Waals surface area contributed by atoms with Gasteiger partial charge < -0.3 is 84.1 Å². The summed E-state index contributed by atoms with van der Waals surface area (Å²) in [5.41, 5.74) is -1.42. The summed E-state index contributed by atoms with van der Waals surface area (Å²) < 4.78 is 30.0. The molecule has 5 aliphatic rings. The van der Waals surface area contributed by atoms with Gasteiger partial charge in [0.2, 0.25) is 0 Å². The van der Waals surface area contributed by atoms with Crippen LogP contribution in [0, 0.1) is 29.6 Å². The lowest BCUT2D eigenvalue weighted by molar-refractivity contribution is -0.149. The quantitative estimate of drug-likeness (QED) is 0.0560. The second kappa shape index (κ2) is 44.4. The van der Waals surface area contributed by atoms with Crippen molar-refractivity contribution in [3.8, 4) is 0 Å². The number of likely N-dealkylation sites (tertiary alicyclic amines) is 3. The fourth-order valence-corrected chi connectivity index (χ4v) is 9.17. The third kappa shape index (κ3) is 40.0. The van der Waals surface area contributed by atoms with Gasteiger partial charge in [-0.05, 0) is 204 Å². The van der Waals surface area contributed by atoms with Crippen LogP contribution in [-0.4, -0.2) is 216 Å². The van der Waals surface area contributed by atoms with Crippen LogP contribution in [0.15, 0.2) is 0 Å². The lowest BCUT2D eigenvalue weighted by Gasteiger charge is -2.35. The van der Waals surface area contributed by atoms with Gasteiger partial charge in [0.05, 0.1) is 50.5 Å². The zero-order valence-electron chi connectivity index (χ0n) is 52.8. The number of esters is 3. The highest BCUT2D eigenvalue weighted by Gasteiger charge is 2.33. The maximum absolute atomic E-state index is 11.9. The Morgan fingerprint density at radius 1 is 0.506 bits per heavy atom. The number of aldehydes is 1. The molecule has 0 spiro atoms. The standard InChI is InChI=1S/C15H27NO5.C13H25NO4.C11H19NO3.C8H17NO2.C8H15NO2.C4H8O2.ClH/c1-5-20-13(18)10-12(17)11-6-8-16(9-7-11)14(19)21-15(2,3)4;1-13(2,3)18-12(17)14-7-4-10(5-8-14)11(16)6-9-15;1-11(2,3)15-10(14)12-6-4-9(8-13)5-7-12;10-6-3-8(11)7-1-4-9-5-2-7;1-2-11-8(10)7-3-5-9-6-4-7;1-3-6-4(2)5;/h11-12,17H,5-10H2,1-4H3;10-11,15-16H,4-9H2,1-3H3;8-9H,4-7H2,1-3H3;7-11H,1-6H2;7,9H,2-6H2,1H3;3H2,1-2H3;1H. The van der Waals surface area contributed by atoms with E-state index in [1.54, 1.807) is 28.5 Å². The maximum atomic E-state index is 11.9. The molecular weight excluding hydrogens is 1100 g/mol. The predicted octanol–water partition coefficient (Wildman–Crippen LogP) is 6.43. The van der Waals surface area contributed by atoms with Gasteiger partial charge in [0.1, 0.15) is 23.1 Å². The number of aliphatic hydroxyl groups excluding tert-OH is 5. The molecule has 3 atom stereocenters. The molecule has 0 aliphatic carbocycles. The summed E-state index contributed by atoms with van der Waals surface area (Å²) in [6.45, 7) is 32.2. The van der Waals surface area contributed by atoms with Gasteiger partial charge in [-0.15, -0.1) is 12.4 Å². The van der Waals surface area contributed by atoms with Crippen molar-refractivity contribution in [2.45, 2.75) is 209 Å². The van der Waals surface area contributed by atoms with Crippen molar-refractivity contribution >= 4 is 54.9 Å². The lowest BCUT2D eigenvalue weighted by Crippen LogP contribution is -2.44. The van der Waals surface area contributed by atoms with Crippen molar-refractivity contribution in [1.29, 1.82) is 0 Å². The molecule has 0 saturated carbocycles. The zero-order chi connectivity index (χ0) is 62.5. The van der Waals surface area contributed by atoms with Crippen molar-refractivity contribution in [3.63, 3.8) is 0 Å². The lowest BCUT2D eigenvalue weighted by atomic mass is 9.90. The van der Waals surface area contributed by atoms with Crippen LogP contribution >= 0.6 is 12.4 Å². The van der Waals surface area contributed by atoms with E-state index in [0.717, 1.165) is 83.8 Å². The second-order valence-electron chi connectivity index (χ2n) is 24.1. The molecule has 5 heterocycles. The smallest absolute Gasteiger partial charge is 0.410 e. The molecule has 0 aromatic heterocycles. The first kappa shape index (κ1) is 81.0. The van der Waals surface area contributed by atoms with E-state index in [-0.39, 0.29) is 98.0 Å². The molecule has 24 heteroatoms. The van der Waals surface area contributed by atoms with Crippen LogP contribution in [0.1, 0.15) is 173 Å². The van der Waals surface area contributed by atoms with Gasteiger partial charge in [-0.3, -0.25) is 14.4 Å². The molecule has 488 valence electrons. The number of aliphatic hydroxyl groups is 5. The van der Waals surface area contributed by atoms with Gasteiger partial charge in [0, 0.05) is 65.3 Å². The number of piperidine rings is 5. The molecular formula is C59H112ClN5O18. The van der Waals surface area contributed by atoms with Crippen molar-refractivity contribution in [1.82, 2.24) is 25.3 Å². The van der Waals surface area contributed by atoms with Crippen LogP contribution in [0.2, 0.25) is 0 Å². The molecule has 23 nitrogen and oxygen atoms in total. The highest BCUT2D eigenvalue weighted by Crippen LogP contribution is 2.26. The number of carbonyl (C=O) groups excluding carboxylic acids is 7. The zero-order valence-corrected chi connectivity index (χ0v) is 53.6. The Morgan fingerprint density at radius 3 is 1.13 bits per heavy atom. The van der Waals surface area contributed by atoms with Crippen molar-refractivity contribution in [3.05, 3.63) is 0 Å². The summed E-state index contributed by atoms with van der Waals surface area (Å²) in [5, 5.41) is 53.1. The highest BCUT2D eigenvalue weighted by atomic mass is 35.5. The van der Waals surface area contributed by atoms with Crippen LogP contribution in [0.3, 0.4) is 0 Å². The van der Waals surface area contributed by atoms with Crippen LogP contribution in [0.25, 0.3) is 0 Å². The van der Waals surface area contributed by atoms with E-state index in [2.05, 4.69) is 15.4 Å². The summed E-state index contributed by atoms with van der Waals surface area (Å²) in [6.07, 6.45) is 7.93. The number of nitrogens with zero attached hydrogens (tertiary/aromatic N) is 3. The Kier molecular flexibility index (Phi) is 43.3. The number of hydrogen-bond acceptors (Lipinski definition) is 20. The Hall–Kier alpha value is -4.10. The van der Waals surface area contributed by atoms with Gasteiger partial charge in [-0.2, -0.15) is 0 Å². The molecule has 5 rings (SSSR count). The van der Waals surface area contributed by atoms with Crippen molar-refractivity contribution in [2.75, 3.05) is 98.5 Å². The van der Waals surface area contributed by atoms with Gasteiger partial charge in [-0.1, -0.05) is 0 Å². The van der Waals surface area contributed by atoms with E-state index in [0.29, 0.717) is 90.7 Å². The molecule has 0 bridgehead atoms. The minimum atomic E-state index is -0.704. The third-order valence-corrected chi connectivity index (χ3v) is 13.6. The van der Waals surface area contributed by atoms with Crippen LogP contribution in [-0.2, 0) is 47.6 Å². The molecule has 3 unspecified atom stereocenters. The number of rotatable bonds is 14. The van der Waals surface area contributed by atoms with E-state index in [1.807, 2.05) is 69.2 Å². The average Bonchev–Trinajstić information content (AvgIpc) is 3.43. The summed E-state index contributed by atoms with van der Waals surface area (Å²) in [6, 6.07) is 0. The van der Waals surface area contributed by atoms with E-state index < -0.39 is 29.0 Å². The second-order valence-corrected chi connectivity index (χ2v) is 24.1.